The van der Waals surface area contributed by atoms with Crippen LogP contribution in [0.4, 0.5) is 0 Å². The highest BCUT2D eigenvalue weighted by Crippen LogP contribution is 2.14. The van der Waals surface area contributed by atoms with Crippen LogP contribution in [0.1, 0.15) is 13.8 Å². The lowest BCUT2D eigenvalue weighted by Gasteiger charge is -2.05. The Morgan fingerprint density at radius 3 is 2.31 bits per heavy atom. The molecule has 72 valence electrons. The van der Waals surface area contributed by atoms with Crippen LogP contribution in [0, 0.1) is 0 Å². The number of benzene rings is 1. The molecule has 0 radical (unpaired) electrons. The zero-order valence-electron chi connectivity index (χ0n) is 7.49. The second-order valence-electron chi connectivity index (χ2n) is 2.83. The van der Waals surface area contributed by atoms with Gasteiger partial charge in [-0.3, -0.25) is 4.18 Å². The fourth-order valence-corrected chi connectivity index (χ4v) is 1.72. The summed E-state index contributed by atoms with van der Waals surface area (Å²) in [6, 6.07) is 6.78. The van der Waals surface area contributed by atoms with Gasteiger partial charge in [-0.25, -0.2) is 4.21 Å². The van der Waals surface area contributed by atoms with E-state index in [-0.39, 0.29) is 6.10 Å². The Labute approximate surface area is 85.5 Å². The molecule has 1 aromatic rings. The standard InChI is InChI=1S/C9H11ClO2S/c1-7(2)12-13(11)9-5-3-8(10)4-6-9/h3-7H,1-2H3. The smallest absolute Gasteiger partial charge is 0.189 e. The first kappa shape index (κ1) is 10.7. The van der Waals surface area contributed by atoms with Crippen molar-refractivity contribution in [1.29, 1.82) is 0 Å². The van der Waals surface area contributed by atoms with Crippen LogP contribution in [-0.2, 0) is 15.3 Å². The first-order chi connectivity index (χ1) is 6.09. The van der Waals surface area contributed by atoms with Gasteiger partial charge in [-0.2, -0.15) is 0 Å². The average Bonchev–Trinajstić information content (AvgIpc) is 2.04. The van der Waals surface area contributed by atoms with Crippen LogP contribution in [0.25, 0.3) is 0 Å². The van der Waals surface area contributed by atoms with Crippen molar-refractivity contribution in [3.8, 4) is 0 Å². The molecule has 0 aliphatic heterocycles. The van der Waals surface area contributed by atoms with Gasteiger partial charge >= 0.3 is 0 Å². The van der Waals surface area contributed by atoms with Gasteiger partial charge in [0.15, 0.2) is 11.1 Å². The van der Waals surface area contributed by atoms with E-state index in [1.807, 2.05) is 13.8 Å². The lowest BCUT2D eigenvalue weighted by Crippen LogP contribution is -2.05. The first-order valence-electron chi connectivity index (χ1n) is 3.94. The fraction of sp³-hybridized carbons (Fsp3) is 0.333. The first-order valence-corrected chi connectivity index (χ1v) is 5.39. The van der Waals surface area contributed by atoms with Crippen molar-refractivity contribution in [3.05, 3.63) is 29.3 Å². The summed E-state index contributed by atoms with van der Waals surface area (Å²) >= 11 is 4.30. The maximum atomic E-state index is 11.4. The summed E-state index contributed by atoms with van der Waals surface area (Å²) in [4.78, 5) is 0.637. The topological polar surface area (TPSA) is 26.3 Å². The van der Waals surface area contributed by atoms with E-state index in [4.69, 9.17) is 15.8 Å². The van der Waals surface area contributed by atoms with E-state index >= 15 is 0 Å². The van der Waals surface area contributed by atoms with Crippen molar-refractivity contribution in [1.82, 2.24) is 0 Å². The van der Waals surface area contributed by atoms with Gasteiger partial charge in [-0.05, 0) is 38.1 Å². The minimum atomic E-state index is -1.38. The Balaban J connectivity index is 2.72. The molecule has 0 amide bonds. The largest absolute Gasteiger partial charge is 0.284 e. The van der Waals surface area contributed by atoms with E-state index in [9.17, 15) is 4.21 Å². The van der Waals surface area contributed by atoms with Crippen molar-refractivity contribution in [3.63, 3.8) is 0 Å². The van der Waals surface area contributed by atoms with Crippen molar-refractivity contribution in [2.75, 3.05) is 0 Å². The summed E-state index contributed by atoms with van der Waals surface area (Å²) in [5.74, 6) is 0. The Morgan fingerprint density at radius 1 is 1.31 bits per heavy atom. The number of rotatable bonds is 3. The van der Waals surface area contributed by atoms with Crippen molar-refractivity contribution < 1.29 is 8.39 Å². The normalized spacial score (nSPS) is 13.2. The molecule has 0 aliphatic carbocycles. The predicted octanol–water partition coefficient (Wildman–Crippen LogP) is 2.79. The van der Waals surface area contributed by atoms with E-state index in [1.54, 1.807) is 24.3 Å². The van der Waals surface area contributed by atoms with Gasteiger partial charge in [0.05, 0.1) is 11.0 Å². The molecule has 2 nitrogen and oxygen atoms in total. The molecule has 1 atom stereocenters. The Kier molecular flexibility index (Phi) is 3.90. The summed E-state index contributed by atoms with van der Waals surface area (Å²) in [7, 11) is 0. The molecule has 0 saturated heterocycles. The highest BCUT2D eigenvalue weighted by molar-refractivity contribution is 7.80. The molecule has 1 rings (SSSR count). The highest BCUT2D eigenvalue weighted by Gasteiger charge is 2.05. The molecule has 0 saturated carbocycles. The number of hydrogen-bond acceptors (Lipinski definition) is 2. The Bertz CT molecular complexity index is 295. The zero-order valence-corrected chi connectivity index (χ0v) is 9.06. The molecule has 0 bridgehead atoms. The molecule has 0 aliphatic rings. The fourth-order valence-electron chi connectivity index (χ4n) is 0.776. The zero-order chi connectivity index (χ0) is 9.84. The molecule has 0 N–H and O–H groups in total. The van der Waals surface area contributed by atoms with Gasteiger partial charge in [-0.15, -0.1) is 0 Å². The lowest BCUT2D eigenvalue weighted by atomic mass is 10.4. The lowest BCUT2D eigenvalue weighted by molar-refractivity contribution is 0.270. The summed E-state index contributed by atoms with van der Waals surface area (Å²) in [6.45, 7) is 3.68. The average molecular weight is 219 g/mol. The van der Waals surface area contributed by atoms with Gasteiger partial charge in [0.25, 0.3) is 0 Å². The van der Waals surface area contributed by atoms with E-state index in [1.165, 1.54) is 0 Å². The third-order valence-corrected chi connectivity index (χ3v) is 2.75. The molecule has 0 spiro atoms. The summed E-state index contributed by atoms with van der Waals surface area (Å²) in [5, 5.41) is 0.630. The van der Waals surface area contributed by atoms with E-state index in [2.05, 4.69) is 0 Å². The van der Waals surface area contributed by atoms with Crippen LogP contribution in [0.2, 0.25) is 5.02 Å². The molecule has 0 aromatic heterocycles. The van der Waals surface area contributed by atoms with Crippen molar-refractivity contribution in [2.24, 2.45) is 0 Å². The monoisotopic (exact) mass is 218 g/mol. The van der Waals surface area contributed by atoms with Crippen LogP contribution in [-0.4, -0.2) is 10.3 Å². The molecule has 1 unspecified atom stereocenters. The van der Waals surface area contributed by atoms with Gasteiger partial charge in [0, 0.05) is 5.02 Å². The SMILES string of the molecule is CC(C)OS(=O)c1ccc(Cl)cc1. The molecule has 0 heterocycles. The number of hydrogen-bond donors (Lipinski definition) is 0. The number of halogens is 1. The Hall–Kier alpha value is -0.380. The van der Waals surface area contributed by atoms with Crippen LogP contribution >= 0.6 is 11.6 Å². The quantitative estimate of drug-likeness (QED) is 0.780. The molecule has 0 fully saturated rings. The van der Waals surface area contributed by atoms with Crippen LogP contribution in [0.15, 0.2) is 29.2 Å². The van der Waals surface area contributed by atoms with Crippen molar-refractivity contribution >= 4 is 22.7 Å². The summed E-state index contributed by atoms with van der Waals surface area (Å²) in [6.07, 6.45) is -0.0449. The summed E-state index contributed by atoms with van der Waals surface area (Å²) in [5.41, 5.74) is 0. The second-order valence-corrected chi connectivity index (χ2v) is 4.40. The van der Waals surface area contributed by atoms with E-state index < -0.39 is 11.1 Å². The van der Waals surface area contributed by atoms with E-state index in [0.717, 1.165) is 0 Å². The molecule has 4 heteroatoms. The highest BCUT2D eigenvalue weighted by atomic mass is 35.5. The van der Waals surface area contributed by atoms with Crippen LogP contribution < -0.4 is 0 Å². The molecule has 13 heavy (non-hydrogen) atoms. The van der Waals surface area contributed by atoms with E-state index in [0.29, 0.717) is 9.92 Å². The molecule has 1 aromatic carbocycles. The Morgan fingerprint density at radius 2 is 1.85 bits per heavy atom. The second kappa shape index (κ2) is 4.74. The van der Waals surface area contributed by atoms with Crippen LogP contribution in [0.5, 0.6) is 0 Å². The summed E-state index contributed by atoms with van der Waals surface area (Å²) < 4.78 is 16.5. The van der Waals surface area contributed by atoms with Gasteiger partial charge < -0.3 is 0 Å². The van der Waals surface area contributed by atoms with Gasteiger partial charge in [0.2, 0.25) is 0 Å². The minimum absolute atomic E-state index is 0.0449. The predicted molar refractivity (Wildman–Crippen MR) is 54.1 cm³/mol. The molecular weight excluding hydrogens is 208 g/mol. The maximum absolute atomic E-state index is 11.4. The molecular formula is C9H11ClO2S. The third-order valence-electron chi connectivity index (χ3n) is 1.29. The van der Waals surface area contributed by atoms with Gasteiger partial charge in [0.1, 0.15) is 0 Å². The van der Waals surface area contributed by atoms with Crippen molar-refractivity contribution in [2.45, 2.75) is 24.8 Å². The third kappa shape index (κ3) is 3.46. The van der Waals surface area contributed by atoms with Gasteiger partial charge in [-0.1, -0.05) is 11.6 Å². The van der Waals surface area contributed by atoms with Crippen LogP contribution in [0.3, 0.4) is 0 Å². The minimum Gasteiger partial charge on any atom is -0.284 e. The maximum Gasteiger partial charge on any atom is 0.189 e.